The van der Waals surface area contributed by atoms with Crippen molar-refractivity contribution in [3.63, 3.8) is 0 Å². The number of pyridine rings is 1. The van der Waals surface area contributed by atoms with Crippen LogP contribution in [0.2, 0.25) is 0 Å². The number of rotatable bonds is 9. The lowest BCUT2D eigenvalue weighted by molar-refractivity contribution is -0.154. The summed E-state index contributed by atoms with van der Waals surface area (Å²) < 4.78 is 36.3. The molecule has 1 aromatic rings. The van der Waals surface area contributed by atoms with E-state index in [0.29, 0.717) is 6.42 Å². The second-order valence-electron chi connectivity index (χ2n) is 7.75. The Labute approximate surface area is 182 Å². The Kier molecular flexibility index (Phi) is 8.93. The van der Waals surface area contributed by atoms with E-state index in [1.54, 1.807) is 6.07 Å². The maximum Gasteiger partial charge on any atom is 0.328 e. The summed E-state index contributed by atoms with van der Waals surface area (Å²) in [6.07, 6.45) is 3.76. The summed E-state index contributed by atoms with van der Waals surface area (Å²) in [5.41, 5.74) is 0. The number of nitrogens with zero attached hydrogens (tertiary/aromatic N) is 2. The van der Waals surface area contributed by atoms with Gasteiger partial charge in [0.15, 0.2) is 6.61 Å². The SMILES string of the molecule is COC(=O)C(CC(C)C)NC(=O)COC(=O)C1CCN(S(=O)(=O)c2cccnc2)CC1. The van der Waals surface area contributed by atoms with Crippen molar-refractivity contribution in [2.45, 2.75) is 44.0 Å². The molecule has 0 aliphatic carbocycles. The number of hydrogen-bond acceptors (Lipinski definition) is 8. The van der Waals surface area contributed by atoms with Gasteiger partial charge < -0.3 is 14.8 Å². The zero-order chi connectivity index (χ0) is 23.0. The van der Waals surface area contributed by atoms with E-state index in [4.69, 9.17) is 4.74 Å². The lowest BCUT2D eigenvalue weighted by Crippen LogP contribution is -2.44. The summed E-state index contributed by atoms with van der Waals surface area (Å²) >= 11 is 0. The summed E-state index contributed by atoms with van der Waals surface area (Å²) in [6.45, 7) is 3.63. The van der Waals surface area contributed by atoms with Crippen molar-refractivity contribution in [3.8, 4) is 0 Å². The predicted octanol–water partition coefficient (Wildman–Crippen LogP) is 0.729. The molecule has 2 heterocycles. The predicted molar refractivity (Wildman–Crippen MR) is 110 cm³/mol. The number of methoxy groups -OCH3 is 1. The van der Waals surface area contributed by atoms with Gasteiger partial charge >= 0.3 is 11.9 Å². The first-order chi connectivity index (χ1) is 14.6. The van der Waals surface area contributed by atoms with Crippen molar-refractivity contribution in [2.75, 3.05) is 26.8 Å². The first-order valence-corrected chi connectivity index (χ1v) is 11.5. The second kappa shape index (κ2) is 11.2. The average molecular weight is 456 g/mol. The first kappa shape index (κ1) is 24.7. The summed E-state index contributed by atoms with van der Waals surface area (Å²) in [5.74, 6) is -2.07. The molecule has 10 nitrogen and oxygen atoms in total. The van der Waals surface area contributed by atoms with E-state index in [2.05, 4.69) is 15.0 Å². The van der Waals surface area contributed by atoms with Crippen LogP contribution in [0.1, 0.15) is 33.1 Å². The molecule has 0 spiro atoms. The smallest absolute Gasteiger partial charge is 0.328 e. The molecule has 1 saturated heterocycles. The van der Waals surface area contributed by atoms with Crippen molar-refractivity contribution in [3.05, 3.63) is 24.5 Å². The van der Waals surface area contributed by atoms with Gasteiger partial charge in [0.25, 0.3) is 5.91 Å². The molecular weight excluding hydrogens is 426 g/mol. The maximum atomic E-state index is 12.6. The molecule has 31 heavy (non-hydrogen) atoms. The lowest BCUT2D eigenvalue weighted by atomic mass is 9.98. The molecule has 0 bridgehead atoms. The third-order valence-electron chi connectivity index (χ3n) is 4.93. The lowest BCUT2D eigenvalue weighted by Gasteiger charge is -2.30. The Bertz CT molecular complexity index is 866. The summed E-state index contributed by atoms with van der Waals surface area (Å²) in [7, 11) is -2.42. The van der Waals surface area contributed by atoms with Gasteiger partial charge in [-0.2, -0.15) is 4.31 Å². The van der Waals surface area contributed by atoms with Gasteiger partial charge in [0.2, 0.25) is 10.0 Å². The minimum Gasteiger partial charge on any atom is -0.467 e. The fraction of sp³-hybridized carbons (Fsp3) is 0.600. The molecule has 1 N–H and O–H groups in total. The van der Waals surface area contributed by atoms with Crippen LogP contribution in [0.3, 0.4) is 0 Å². The van der Waals surface area contributed by atoms with Gasteiger partial charge in [-0.15, -0.1) is 0 Å². The monoisotopic (exact) mass is 455 g/mol. The summed E-state index contributed by atoms with van der Waals surface area (Å²) in [6, 6.07) is 2.22. The van der Waals surface area contributed by atoms with E-state index < -0.39 is 46.4 Å². The maximum absolute atomic E-state index is 12.6. The normalized spacial score (nSPS) is 16.5. The molecule has 1 aliphatic rings. The highest BCUT2D eigenvalue weighted by Gasteiger charge is 2.33. The van der Waals surface area contributed by atoms with Crippen molar-refractivity contribution in [2.24, 2.45) is 11.8 Å². The van der Waals surface area contributed by atoms with E-state index in [1.807, 2.05) is 13.8 Å². The van der Waals surface area contributed by atoms with Crippen LogP contribution in [-0.2, 0) is 33.9 Å². The second-order valence-corrected chi connectivity index (χ2v) is 9.69. The van der Waals surface area contributed by atoms with Crippen LogP contribution < -0.4 is 5.32 Å². The number of carbonyl (C=O) groups is 3. The van der Waals surface area contributed by atoms with Crippen molar-refractivity contribution < 1.29 is 32.3 Å². The third-order valence-corrected chi connectivity index (χ3v) is 6.82. The molecule has 1 aliphatic heterocycles. The number of carbonyl (C=O) groups excluding carboxylic acids is 3. The molecule has 1 aromatic heterocycles. The van der Waals surface area contributed by atoms with Crippen molar-refractivity contribution in [1.82, 2.24) is 14.6 Å². The Hall–Kier alpha value is -2.53. The van der Waals surface area contributed by atoms with Crippen LogP contribution >= 0.6 is 0 Å². The largest absolute Gasteiger partial charge is 0.467 e. The quantitative estimate of drug-likeness (QED) is 0.539. The van der Waals surface area contributed by atoms with E-state index in [0.717, 1.165) is 0 Å². The van der Waals surface area contributed by atoms with Crippen LogP contribution in [0.25, 0.3) is 0 Å². The number of sulfonamides is 1. The van der Waals surface area contributed by atoms with Gasteiger partial charge in [0.1, 0.15) is 10.9 Å². The number of piperidine rings is 1. The molecule has 1 atom stereocenters. The molecule has 0 radical (unpaired) electrons. The number of aromatic nitrogens is 1. The number of ether oxygens (including phenoxy) is 2. The van der Waals surface area contributed by atoms with Crippen molar-refractivity contribution >= 4 is 27.9 Å². The zero-order valence-corrected chi connectivity index (χ0v) is 18.8. The highest BCUT2D eigenvalue weighted by Crippen LogP contribution is 2.24. The average Bonchev–Trinajstić information content (AvgIpc) is 2.76. The molecule has 172 valence electrons. The van der Waals surface area contributed by atoms with E-state index in [1.165, 1.54) is 29.9 Å². The number of hydrogen-bond donors (Lipinski definition) is 1. The minimum atomic E-state index is -3.66. The van der Waals surface area contributed by atoms with Crippen LogP contribution in [-0.4, -0.2) is 68.4 Å². The Morgan fingerprint density at radius 2 is 1.94 bits per heavy atom. The molecule has 2 rings (SSSR count). The number of nitrogens with one attached hydrogen (secondary N) is 1. The van der Waals surface area contributed by atoms with Crippen molar-refractivity contribution in [1.29, 1.82) is 0 Å². The van der Waals surface area contributed by atoms with E-state index >= 15 is 0 Å². The Morgan fingerprint density at radius 3 is 2.48 bits per heavy atom. The fourth-order valence-corrected chi connectivity index (χ4v) is 4.73. The highest BCUT2D eigenvalue weighted by atomic mass is 32.2. The highest BCUT2D eigenvalue weighted by molar-refractivity contribution is 7.89. The number of esters is 2. The number of amides is 1. The molecular formula is C20H29N3O7S. The van der Waals surface area contributed by atoms with Crippen LogP contribution in [0, 0.1) is 11.8 Å². The molecule has 0 aromatic carbocycles. The Balaban J connectivity index is 1.82. The standard InChI is InChI=1S/C20H29N3O7S/c1-14(2)11-17(20(26)29-3)22-18(24)13-30-19(25)15-6-9-23(10-7-15)31(27,28)16-5-4-8-21-12-16/h4-5,8,12,14-15,17H,6-7,9-11,13H2,1-3H3,(H,22,24). The van der Waals surface area contributed by atoms with Gasteiger partial charge in [-0.05, 0) is 37.3 Å². The van der Waals surface area contributed by atoms with Gasteiger partial charge in [-0.25, -0.2) is 13.2 Å². The molecule has 0 saturated carbocycles. The van der Waals surface area contributed by atoms with Gasteiger partial charge in [0.05, 0.1) is 13.0 Å². The molecule has 1 amide bonds. The molecule has 1 unspecified atom stereocenters. The van der Waals surface area contributed by atoms with Crippen LogP contribution in [0.15, 0.2) is 29.4 Å². The summed E-state index contributed by atoms with van der Waals surface area (Å²) in [4.78, 5) is 40.1. The van der Waals surface area contributed by atoms with Crippen LogP contribution in [0.4, 0.5) is 0 Å². The summed E-state index contributed by atoms with van der Waals surface area (Å²) in [5, 5.41) is 2.52. The van der Waals surface area contributed by atoms with E-state index in [-0.39, 0.29) is 36.7 Å². The molecule has 1 fully saturated rings. The Morgan fingerprint density at radius 1 is 1.26 bits per heavy atom. The van der Waals surface area contributed by atoms with E-state index in [9.17, 15) is 22.8 Å². The van der Waals surface area contributed by atoms with Crippen LogP contribution in [0.5, 0.6) is 0 Å². The first-order valence-electron chi connectivity index (χ1n) is 10.1. The van der Waals surface area contributed by atoms with Gasteiger partial charge in [-0.3, -0.25) is 14.6 Å². The topological polar surface area (TPSA) is 132 Å². The minimum absolute atomic E-state index is 0.106. The fourth-order valence-electron chi connectivity index (χ4n) is 3.30. The van der Waals surface area contributed by atoms with Gasteiger partial charge in [-0.1, -0.05) is 13.8 Å². The van der Waals surface area contributed by atoms with Gasteiger partial charge in [0, 0.05) is 25.5 Å². The third kappa shape index (κ3) is 7.00. The molecule has 11 heteroatoms. The zero-order valence-electron chi connectivity index (χ0n) is 17.9.